The van der Waals surface area contributed by atoms with Crippen LogP contribution in [0.3, 0.4) is 0 Å². The summed E-state index contributed by atoms with van der Waals surface area (Å²) in [6.45, 7) is 8.65. The first kappa shape index (κ1) is 22.7. The molecule has 28 heavy (non-hydrogen) atoms. The summed E-state index contributed by atoms with van der Waals surface area (Å²) >= 11 is 0. The Labute approximate surface area is 184 Å². The predicted molar refractivity (Wildman–Crippen MR) is 123 cm³/mol. The number of aromatic nitrogens is 4. The Bertz CT molecular complexity index is 766. The second kappa shape index (κ2) is 10.8. The number of hydrogen-bond donors (Lipinski definition) is 2. The number of nitrogens with zero attached hydrogens (tertiary/aromatic N) is 6. The molecule has 9 heteroatoms. The standard InChI is InChI=1S/C19H32N8.HI/c1-5-27-9-6-7-17(27)12-21-19(20-11-16-8-10-25(3)14-16)22-13-18-24-23-15(2)26(18)4;/h8,10,14,17H,5-7,9,11-13H2,1-4H3,(H2,20,21,22);1H. The first-order valence-electron chi connectivity index (χ1n) is 9.78. The monoisotopic (exact) mass is 500 g/mol. The Morgan fingerprint density at radius 1 is 1.29 bits per heavy atom. The van der Waals surface area contributed by atoms with Gasteiger partial charge in [-0.3, -0.25) is 4.90 Å². The number of likely N-dealkylation sites (tertiary alicyclic amines) is 1. The normalized spacial score (nSPS) is 17.6. The molecular formula is C19H33IN8. The second-order valence-electron chi connectivity index (χ2n) is 7.23. The van der Waals surface area contributed by atoms with Crippen molar-refractivity contribution in [2.24, 2.45) is 19.1 Å². The van der Waals surface area contributed by atoms with Crippen molar-refractivity contribution in [3.63, 3.8) is 0 Å². The number of likely N-dealkylation sites (N-methyl/N-ethyl adjacent to an activating group) is 1. The Morgan fingerprint density at radius 3 is 2.75 bits per heavy atom. The summed E-state index contributed by atoms with van der Waals surface area (Å²) in [7, 11) is 4.01. The van der Waals surface area contributed by atoms with E-state index in [2.05, 4.69) is 44.9 Å². The van der Waals surface area contributed by atoms with Crippen molar-refractivity contribution in [1.82, 2.24) is 34.9 Å². The second-order valence-corrected chi connectivity index (χ2v) is 7.23. The van der Waals surface area contributed by atoms with Crippen LogP contribution in [0, 0.1) is 6.92 Å². The van der Waals surface area contributed by atoms with E-state index >= 15 is 0 Å². The molecule has 0 aromatic carbocycles. The molecule has 0 aliphatic carbocycles. The van der Waals surface area contributed by atoms with Gasteiger partial charge in [0.1, 0.15) is 5.82 Å². The molecular weight excluding hydrogens is 467 g/mol. The lowest BCUT2D eigenvalue weighted by molar-refractivity contribution is 0.267. The lowest BCUT2D eigenvalue weighted by atomic mass is 10.2. The number of aryl methyl sites for hydroxylation is 2. The highest BCUT2D eigenvalue weighted by Crippen LogP contribution is 2.15. The third-order valence-corrected chi connectivity index (χ3v) is 5.32. The zero-order valence-electron chi connectivity index (χ0n) is 17.4. The predicted octanol–water partition coefficient (Wildman–Crippen LogP) is 1.80. The number of hydrogen-bond acceptors (Lipinski definition) is 4. The fourth-order valence-corrected chi connectivity index (χ4v) is 3.52. The highest BCUT2D eigenvalue weighted by Gasteiger charge is 2.22. The van der Waals surface area contributed by atoms with E-state index in [4.69, 9.17) is 4.99 Å². The molecule has 0 saturated carbocycles. The minimum atomic E-state index is 0. The van der Waals surface area contributed by atoms with Crippen LogP contribution < -0.4 is 10.6 Å². The van der Waals surface area contributed by atoms with Gasteiger partial charge >= 0.3 is 0 Å². The highest BCUT2D eigenvalue weighted by atomic mass is 127. The minimum absolute atomic E-state index is 0. The van der Waals surface area contributed by atoms with E-state index in [1.54, 1.807) is 0 Å². The first-order chi connectivity index (χ1) is 13.1. The van der Waals surface area contributed by atoms with E-state index < -0.39 is 0 Å². The molecule has 1 unspecified atom stereocenters. The average Bonchev–Trinajstić information content (AvgIpc) is 3.37. The van der Waals surface area contributed by atoms with Crippen LogP contribution in [0.2, 0.25) is 0 Å². The Morgan fingerprint density at radius 2 is 2.11 bits per heavy atom. The molecule has 2 aromatic rings. The maximum absolute atomic E-state index is 4.78. The molecule has 2 aromatic heterocycles. The zero-order chi connectivity index (χ0) is 19.2. The maximum Gasteiger partial charge on any atom is 0.192 e. The van der Waals surface area contributed by atoms with Crippen LogP contribution in [0.4, 0.5) is 0 Å². The molecule has 3 heterocycles. The Hall–Kier alpha value is -1.62. The number of rotatable bonds is 7. The summed E-state index contributed by atoms with van der Waals surface area (Å²) in [5, 5.41) is 15.3. The van der Waals surface area contributed by atoms with Crippen LogP contribution in [0.15, 0.2) is 23.5 Å². The van der Waals surface area contributed by atoms with E-state index in [1.165, 1.54) is 24.9 Å². The molecule has 1 saturated heterocycles. The van der Waals surface area contributed by atoms with E-state index in [1.807, 2.05) is 36.4 Å². The van der Waals surface area contributed by atoms with Gasteiger partial charge in [-0.1, -0.05) is 6.92 Å². The minimum Gasteiger partial charge on any atom is -0.357 e. The molecule has 2 N–H and O–H groups in total. The van der Waals surface area contributed by atoms with Crippen molar-refractivity contribution in [1.29, 1.82) is 0 Å². The van der Waals surface area contributed by atoms with Crippen molar-refractivity contribution in [2.75, 3.05) is 19.6 Å². The SMILES string of the molecule is CCN1CCCC1CNC(=NCc1ccn(C)c1)NCc1nnc(C)n1C.I. The first-order valence-corrected chi connectivity index (χ1v) is 9.78. The molecule has 0 radical (unpaired) electrons. The van der Waals surface area contributed by atoms with Gasteiger partial charge < -0.3 is 19.8 Å². The average molecular weight is 500 g/mol. The molecule has 0 amide bonds. The van der Waals surface area contributed by atoms with Crippen molar-refractivity contribution in [2.45, 2.75) is 45.8 Å². The highest BCUT2D eigenvalue weighted by molar-refractivity contribution is 14.0. The summed E-state index contributed by atoms with van der Waals surface area (Å²) in [4.78, 5) is 7.31. The van der Waals surface area contributed by atoms with E-state index in [-0.39, 0.29) is 24.0 Å². The van der Waals surface area contributed by atoms with E-state index in [9.17, 15) is 0 Å². The van der Waals surface area contributed by atoms with Crippen molar-refractivity contribution < 1.29 is 0 Å². The van der Waals surface area contributed by atoms with Crippen LogP contribution in [0.1, 0.15) is 37.0 Å². The van der Waals surface area contributed by atoms with Crippen LogP contribution in [0.25, 0.3) is 0 Å². The van der Waals surface area contributed by atoms with Gasteiger partial charge in [-0.05, 0) is 44.5 Å². The quantitative estimate of drug-likeness (QED) is 0.345. The lowest BCUT2D eigenvalue weighted by Gasteiger charge is -2.24. The smallest absolute Gasteiger partial charge is 0.192 e. The van der Waals surface area contributed by atoms with Gasteiger partial charge in [-0.25, -0.2) is 4.99 Å². The van der Waals surface area contributed by atoms with Gasteiger partial charge in [0, 0.05) is 39.1 Å². The van der Waals surface area contributed by atoms with E-state index in [0.29, 0.717) is 19.1 Å². The van der Waals surface area contributed by atoms with Crippen LogP contribution in [0.5, 0.6) is 0 Å². The summed E-state index contributed by atoms with van der Waals surface area (Å²) in [5.74, 6) is 2.63. The molecule has 0 bridgehead atoms. The fraction of sp³-hybridized carbons (Fsp3) is 0.632. The molecule has 1 fully saturated rings. The Kier molecular flexibility index (Phi) is 8.74. The van der Waals surface area contributed by atoms with Gasteiger partial charge in [0.15, 0.2) is 11.8 Å². The van der Waals surface area contributed by atoms with Crippen molar-refractivity contribution in [3.8, 4) is 0 Å². The third-order valence-electron chi connectivity index (χ3n) is 5.32. The zero-order valence-corrected chi connectivity index (χ0v) is 19.7. The van der Waals surface area contributed by atoms with Crippen LogP contribution >= 0.6 is 24.0 Å². The number of aliphatic imine (C=N–C) groups is 1. The largest absolute Gasteiger partial charge is 0.357 e. The van der Waals surface area contributed by atoms with Crippen molar-refractivity contribution >= 4 is 29.9 Å². The van der Waals surface area contributed by atoms with Gasteiger partial charge in [-0.2, -0.15) is 0 Å². The molecule has 0 spiro atoms. The maximum atomic E-state index is 4.78. The molecule has 1 aliphatic rings. The fourth-order valence-electron chi connectivity index (χ4n) is 3.52. The lowest BCUT2D eigenvalue weighted by Crippen LogP contribution is -2.44. The molecule has 8 nitrogen and oxygen atoms in total. The molecule has 1 aliphatic heterocycles. The third kappa shape index (κ3) is 5.94. The van der Waals surface area contributed by atoms with E-state index in [0.717, 1.165) is 30.7 Å². The summed E-state index contributed by atoms with van der Waals surface area (Å²) in [6, 6.07) is 2.68. The van der Waals surface area contributed by atoms with Gasteiger partial charge in [0.2, 0.25) is 0 Å². The summed E-state index contributed by atoms with van der Waals surface area (Å²) < 4.78 is 4.04. The molecule has 3 rings (SSSR count). The number of halogens is 1. The van der Waals surface area contributed by atoms with Gasteiger partial charge in [0.25, 0.3) is 0 Å². The topological polar surface area (TPSA) is 75.3 Å². The van der Waals surface area contributed by atoms with Crippen LogP contribution in [-0.2, 0) is 27.2 Å². The van der Waals surface area contributed by atoms with Crippen molar-refractivity contribution in [3.05, 3.63) is 35.7 Å². The molecule has 1 atom stereocenters. The Balaban J connectivity index is 0.00000280. The summed E-state index contributed by atoms with van der Waals surface area (Å²) in [5.41, 5.74) is 1.20. The summed E-state index contributed by atoms with van der Waals surface area (Å²) in [6.07, 6.45) is 6.67. The molecule has 156 valence electrons. The number of guanidine groups is 1. The van der Waals surface area contributed by atoms with Crippen LogP contribution in [-0.4, -0.2) is 55.9 Å². The number of nitrogens with one attached hydrogen (secondary N) is 2. The van der Waals surface area contributed by atoms with Gasteiger partial charge in [-0.15, -0.1) is 34.2 Å². The van der Waals surface area contributed by atoms with Gasteiger partial charge in [0.05, 0.1) is 13.1 Å².